The van der Waals surface area contributed by atoms with E-state index in [0.717, 1.165) is 16.1 Å². The standard InChI is InChI=1S/C10H12N2/c1-8-6-9(2)12-7-10(8)4-5-11-3/h4-7H,1H2,2-3H3/b10-4-,11-5?. The van der Waals surface area contributed by atoms with Crippen LogP contribution in [0.1, 0.15) is 5.69 Å². The largest absolute Gasteiger partial charge is 0.296 e. The van der Waals surface area contributed by atoms with E-state index in [1.54, 1.807) is 19.5 Å². The number of aliphatic imine (C=N–C) groups is 1. The normalized spacial score (nSPS) is 12.7. The first-order chi connectivity index (χ1) is 5.74. The van der Waals surface area contributed by atoms with Crippen molar-refractivity contribution in [2.24, 2.45) is 4.99 Å². The van der Waals surface area contributed by atoms with Crippen molar-refractivity contribution < 1.29 is 0 Å². The van der Waals surface area contributed by atoms with Gasteiger partial charge in [-0.05, 0) is 24.3 Å². The molecule has 0 saturated carbocycles. The van der Waals surface area contributed by atoms with E-state index in [9.17, 15) is 0 Å². The third-order valence-corrected chi connectivity index (χ3v) is 1.56. The average molecular weight is 160 g/mol. The predicted molar refractivity (Wildman–Crippen MR) is 52.6 cm³/mol. The van der Waals surface area contributed by atoms with E-state index in [-0.39, 0.29) is 0 Å². The van der Waals surface area contributed by atoms with Crippen molar-refractivity contribution in [1.82, 2.24) is 4.98 Å². The van der Waals surface area contributed by atoms with Crippen LogP contribution in [0.3, 0.4) is 0 Å². The Morgan fingerprint density at radius 2 is 2.33 bits per heavy atom. The molecular weight excluding hydrogens is 148 g/mol. The first kappa shape index (κ1) is 8.65. The minimum atomic E-state index is 0.988. The van der Waals surface area contributed by atoms with Gasteiger partial charge in [-0.25, -0.2) is 0 Å². The summed E-state index contributed by atoms with van der Waals surface area (Å²) in [5.41, 5.74) is 0.991. The molecule has 62 valence electrons. The van der Waals surface area contributed by atoms with E-state index in [0.29, 0.717) is 0 Å². The summed E-state index contributed by atoms with van der Waals surface area (Å²) in [5.74, 6) is 0. The van der Waals surface area contributed by atoms with Crippen LogP contribution in [0.4, 0.5) is 0 Å². The molecule has 12 heavy (non-hydrogen) atoms. The van der Waals surface area contributed by atoms with Gasteiger partial charge in [0.2, 0.25) is 0 Å². The van der Waals surface area contributed by atoms with E-state index in [1.807, 2.05) is 19.1 Å². The van der Waals surface area contributed by atoms with Gasteiger partial charge in [0, 0.05) is 30.4 Å². The number of pyridine rings is 1. The fourth-order valence-electron chi connectivity index (χ4n) is 0.932. The Hall–Kier alpha value is -1.44. The van der Waals surface area contributed by atoms with Crippen molar-refractivity contribution in [3.63, 3.8) is 0 Å². The molecule has 0 saturated heterocycles. The van der Waals surface area contributed by atoms with Crippen LogP contribution in [-0.4, -0.2) is 18.2 Å². The van der Waals surface area contributed by atoms with Crippen molar-refractivity contribution in [3.05, 3.63) is 28.4 Å². The summed E-state index contributed by atoms with van der Waals surface area (Å²) in [4.78, 5) is 8.02. The molecule has 0 amide bonds. The maximum Gasteiger partial charge on any atom is 0.0378 e. The number of nitrogens with zero attached hydrogens (tertiary/aromatic N) is 2. The molecule has 2 heteroatoms. The Labute approximate surface area is 72.0 Å². The zero-order valence-electron chi connectivity index (χ0n) is 7.41. The molecule has 0 bridgehead atoms. The molecule has 0 atom stereocenters. The molecule has 0 radical (unpaired) electrons. The minimum absolute atomic E-state index is 0.988. The third-order valence-electron chi connectivity index (χ3n) is 1.56. The van der Waals surface area contributed by atoms with Crippen LogP contribution in [-0.2, 0) is 0 Å². The molecule has 2 nitrogen and oxygen atoms in total. The van der Waals surface area contributed by atoms with Gasteiger partial charge < -0.3 is 0 Å². The minimum Gasteiger partial charge on any atom is -0.296 e. The van der Waals surface area contributed by atoms with Gasteiger partial charge in [-0.2, -0.15) is 0 Å². The molecule has 0 aliphatic heterocycles. The van der Waals surface area contributed by atoms with Gasteiger partial charge >= 0.3 is 0 Å². The smallest absolute Gasteiger partial charge is 0.0378 e. The zero-order valence-corrected chi connectivity index (χ0v) is 7.41. The molecule has 1 rings (SSSR count). The maximum absolute atomic E-state index is 4.16. The summed E-state index contributed by atoms with van der Waals surface area (Å²) in [6, 6.07) is 1.95. The lowest BCUT2D eigenvalue weighted by atomic mass is 10.3. The summed E-state index contributed by atoms with van der Waals surface area (Å²) in [7, 11) is 1.74. The van der Waals surface area contributed by atoms with Crippen molar-refractivity contribution in [2.75, 3.05) is 7.05 Å². The summed E-state index contributed by atoms with van der Waals surface area (Å²) in [6.07, 6.45) is 5.44. The molecule has 0 aliphatic carbocycles. The highest BCUT2D eigenvalue weighted by molar-refractivity contribution is 5.90. The fraction of sp³-hybridized carbons (Fsp3) is 0.200. The molecule has 1 aromatic heterocycles. The number of aryl methyl sites for hydroxylation is 1. The second-order valence-electron chi connectivity index (χ2n) is 2.60. The van der Waals surface area contributed by atoms with Crippen molar-refractivity contribution in [1.29, 1.82) is 0 Å². The van der Waals surface area contributed by atoms with Gasteiger partial charge in [-0.15, -0.1) is 0 Å². The van der Waals surface area contributed by atoms with Gasteiger partial charge in [-0.3, -0.25) is 9.98 Å². The molecule has 0 fully saturated rings. The zero-order chi connectivity index (χ0) is 8.97. The van der Waals surface area contributed by atoms with E-state index in [4.69, 9.17) is 0 Å². The highest BCUT2D eigenvalue weighted by Crippen LogP contribution is 1.77. The number of rotatable bonds is 1. The van der Waals surface area contributed by atoms with Crippen LogP contribution in [0, 0.1) is 6.92 Å². The molecule has 0 unspecified atom stereocenters. The monoisotopic (exact) mass is 160 g/mol. The van der Waals surface area contributed by atoms with Gasteiger partial charge in [-0.1, -0.05) is 6.58 Å². The Kier molecular flexibility index (Phi) is 2.75. The summed E-state index contributed by atoms with van der Waals surface area (Å²) in [5, 5.41) is 2.01. The quantitative estimate of drug-likeness (QED) is 0.542. The number of hydrogen-bond donors (Lipinski definition) is 0. The number of hydrogen-bond acceptors (Lipinski definition) is 2. The highest BCUT2D eigenvalue weighted by Gasteiger charge is 1.84. The first-order valence-corrected chi connectivity index (χ1v) is 3.78. The van der Waals surface area contributed by atoms with Crippen LogP contribution in [0.25, 0.3) is 12.7 Å². The fourth-order valence-corrected chi connectivity index (χ4v) is 0.932. The average Bonchev–Trinajstić information content (AvgIpc) is 2.03. The van der Waals surface area contributed by atoms with Gasteiger partial charge in [0.15, 0.2) is 0 Å². The molecule has 1 heterocycles. The first-order valence-electron chi connectivity index (χ1n) is 3.78. The summed E-state index contributed by atoms with van der Waals surface area (Å²) in [6.45, 7) is 5.85. The molecule has 0 aliphatic rings. The van der Waals surface area contributed by atoms with Gasteiger partial charge in [0.25, 0.3) is 0 Å². The second kappa shape index (κ2) is 3.81. The topological polar surface area (TPSA) is 25.2 Å². The molecule has 0 N–H and O–H groups in total. The lowest BCUT2D eigenvalue weighted by Gasteiger charge is -1.89. The Morgan fingerprint density at radius 3 is 2.92 bits per heavy atom. The SMILES string of the molecule is C=c1cc(C)nc/c1=C/C=NC. The summed E-state index contributed by atoms with van der Waals surface area (Å²) >= 11 is 0. The van der Waals surface area contributed by atoms with Crippen LogP contribution in [0.2, 0.25) is 0 Å². The van der Waals surface area contributed by atoms with Crippen LogP contribution < -0.4 is 10.4 Å². The van der Waals surface area contributed by atoms with E-state index in [1.165, 1.54) is 0 Å². The van der Waals surface area contributed by atoms with Crippen LogP contribution >= 0.6 is 0 Å². The predicted octanol–water partition coefficient (Wildman–Crippen LogP) is 0.281. The van der Waals surface area contributed by atoms with Crippen LogP contribution in [0.15, 0.2) is 17.3 Å². The number of aromatic nitrogens is 1. The van der Waals surface area contributed by atoms with Gasteiger partial charge in [0.05, 0.1) is 0 Å². The van der Waals surface area contributed by atoms with Crippen molar-refractivity contribution in [3.8, 4) is 0 Å². The lowest BCUT2D eigenvalue weighted by molar-refractivity contribution is 1.17. The summed E-state index contributed by atoms with van der Waals surface area (Å²) < 4.78 is 0. The molecule has 1 aromatic rings. The van der Waals surface area contributed by atoms with Crippen molar-refractivity contribution in [2.45, 2.75) is 6.92 Å². The van der Waals surface area contributed by atoms with E-state index < -0.39 is 0 Å². The maximum atomic E-state index is 4.16. The van der Waals surface area contributed by atoms with Gasteiger partial charge in [0.1, 0.15) is 0 Å². The van der Waals surface area contributed by atoms with E-state index in [2.05, 4.69) is 16.6 Å². The third kappa shape index (κ3) is 2.02. The Bertz CT molecular complexity index is 391. The van der Waals surface area contributed by atoms with E-state index >= 15 is 0 Å². The molecular formula is C10H12N2. The second-order valence-corrected chi connectivity index (χ2v) is 2.60. The molecule has 0 aromatic carbocycles. The van der Waals surface area contributed by atoms with Crippen LogP contribution in [0.5, 0.6) is 0 Å². The highest BCUT2D eigenvalue weighted by atomic mass is 14.7. The Balaban J connectivity index is 3.28. The lowest BCUT2D eigenvalue weighted by Crippen LogP contribution is -2.24. The van der Waals surface area contributed by atoms with Crippen molar-refractivity contribution >= 4 is 18.9 Å². The molecule has 0 spiro atoms. The Morgan fingerprint density at radius 1 is 1.58 bits per heavy atom.